The second kappa shape index (κ2) is 10.3. The number of ether oxygens (including phenoxy) is 4. The van der Waals surface area contributed by atoms with Gasteiger partial charge in [-0.15, -0.1) is 0 Å². The summed E-state index contributed by atoms with van der Waals surface area (Å²) in [5.41, 5.74) is 4.20. The van der Waals surface area contributed by atoms with Crippen LogP contribution in [0.3, 0.4) is 0 Å². The van der Waals surface area contributed by atoms with Crippen LogP contribution in [0.4, 0.5) is 0 Å². The van der Waals surface area contributed by atoms with Gasteiger partial charge in [0.15, 0.2) is 16.9 Å². The van der Waals surface area contributed by atoms with E-state index in [0.29, 0.717) is 51.9 Å². The maximum atomic E-state index is 12.8. The van der Waals surface area contributed by atoms with E-state index in [4.69, 9.17) is 23.4 Å². The van der Waals surface area contributed by atoms with Crippen molar-refractivity contribution < 1.29 is 23.4 Å². The maximum Gasteiger partial charge on any atom is 0.203 e. The molecule has 0 amide bonds. The van der Waals surface area contributed by atoms with Gasteiger partial charge in [-0.25, -0.2) is 4.98 Å². The third-order valence-corrected chi connectivity index (χ3v) is 6.24. The molecule has 3 aromatic carbocycles. The predicted molar refractivity (Wildman–Crippen MR) is 142 cm³/mol. The Kier molecular flexibility index (Phi) is 6.72. The van der Waals surface area contributed by atoms with Crippen molar-refractivity contribution in [3.05, 3.63) is 76.7 Å². The summed E-state index contributed by atoms with van der Waals surface area (Å²) >= 11 is 0. The van der Waals surface area contributed by atoms with E-state index in [9.17, 15) is 4.79 Å². The summed E-state index contributed by atoms with van der Waals surface area (Å²) in [6.07, 6.45) is 2.66. The Hall–Kier alpha value is -4.46. The first-order valence-corrected chi connectivity index (χ1v) is 11.9. The Labute approximate surface area is 214 Å². The van der Waals surface area contributed by atoms with Gasteiger partial charge < -0.3 is 27.9 Å². The average Bonchev–Trinajstić information content (AvgIpc) is 3.31. The van der Waals surface area contributed by atoms with Gasteiger partial charge in [0, 0.05) is 24.2 Å². The van der Waals surface area contributed by atoms with Gasteiger partial charge >= 0.3 is 0 Å². The molecule has 0 saturated carbocycles. The molecule has 0 aliphatic heterocycles. The molecule has 0 bridgehead atoms. The van der Waals surface area contributed by atoms with E-state index in [1.165, 1.54) is 33.0 Å². The van der Waals surface area contributed by atoms with Crippen LogP contribution < -0.4 is 24.4 Å². The lowest BCUT2D eigenvalue weighted by atomic mass is 10.1. The van der Waals surface area contributed by atoms with Crippen molar-refractivity contribution in [1.29, 1.82) is 0 Å². The Bertz CT molecular complexity index is 1610. The number of methoxy groups -OCH3 is 3. The van der Waals surface area contributed by atoms with Crippen LogP contribution in [-0.2, 0) is 6.54 Å². The van der Waals surface area contributed by atoms with Crippen molar-refractivity contribution in [3.63, 3.8) is 0 Å². The topological polar surface area (TPSA) is 85.0 Å². The minimum atomic E-state index is -0.154. The molecule has 190 valence electrons. The third-order valence-electron chi connectivity index (χ3n) is 6.24. The lowest BCUT2D eigenvalue weighted by molar-refractivity contribution is 0.302. The zero-order valence-electron chi connectivity index (χ0n) is 21.2. The molecule has 0 N–H and O–H groups in total. The number of fused-ring (bicyclic) bond motifs is 2. The number of rotatable bonds is 9. The second-order valence-corrected chi connectivity index (χ2v) is 8.68. The molecule has 0 aliphatic rings. The van der Waals surface area contributed by atoms with Gasteiger partial charge in [-0.2, -0.15) is 0 Å². The lowest BCUT2D eigenvalue weighted by Crippen LogP contribution is -2.05. The van der Waals surface area contributed by atoms with Gasteiger partial charge in [0.25, 0.3) is 0 Å². The van der Waals surface area contributed by atoms with E-state index in [-0.39, 0.29) is 5.43 Å². The van der Waals surface area contributed by atoms with E-state index in [1.807, 2.05) is 6.33 Å². The van der Waals surface area contributed by atoms with Gasteiger partial charge in [0.2, 0.25) is 5.75 Å². The van der Waals surface area contributed by atoms with Gasteiger partial charge in [-0.1, -0.05) is 6.07 Å². The van der Waals surface area contributed by atoms with E-state index < -0.39 is 0 Å². The first kappa shape index (κ1) is 24.2. The molecule has 0 fully saturated rings. The fourth-order valence-corrected chi connectivity index (χ4v) is 4.37. The molecule has 0 spiro atoms. The van der Waals surface area contributed by atoms with Gasteiger partial charge in [-0.3, -0.25) is 4.79 Å². The molecule has 37 heavy (non-hydrogen) atoms. The van der Waals surface area contributed by atoms with Crippen molar-refractivity contribution in [3.8, 4) is 34.3 Å². The summed E-state index contributed by atoms with van der Waals surface area (Å²) < 4.78 is 30.5. The van der Waals surface area contributed by atoms with Crippen molar-refractivity contribution in [2.45, 2.75) is 19.9 Å². The van der Waals surface area contributed by atoms with Crippen LogP contribution in [-0.4, -0.2) is 37.5 Å². The second-order valence-electron chi connectivity index (χ2n) is 8.68. The number of hydrogen-bond donors (Lipinski definition) is 0. The molecule has 5 rings (SSSR count). The third kappa shape index (κ3) is 4.82. The predicted octanol–water partition coefficient (Wildman–Crippen LogP) is 5.61. The van der Waals surface area contributed by atoms with Crippen molar-refractivity contribution in [2.75, 3.05) is 27.9 Å². The number of benzene rings is 3. The number of aromatic nitrogens is 2. The van der Waals surface area contributed by atoms with Crippen molar-refractivity contribution in [1.82, 2.24) is 9.55 Å². The first-order valence-electron chi connectivity index (χ1n) is 11.9. The zero-order chi connectivity index (χ0) is 25.9. The van der Waals surface area contributed by atoms with Crippen LogP contribution in [0.2, 0.25) is 0 Å². The van der Waals surface area contributed by atoms with E-state index in [0.717, 1.165) is 24.0 Å². The van der Waals surface area contributed by atoms with Gasteiger partial charge in [-0.05, 0) is 55.3 Å². The van der Waals surface area contributed by atoms with Crippen LogP contribution in [0.25, 0.3) is 33.3 Å². The molecular formula is C29H28N2O6. The number of nitrogens with zero attached hydrogens (tertiary/aromatic N) is 2. The molecule has 0 saturated heterocycles. The van der Waals surface area contributed by atoms with Crippen LogP contribution >= 0.6 is 0 Å². The van der Waals surface area contributed by atoms with Gasteiger partial charge in [0.05, 0.1) is 50.7 Å². The largest absolute Gasteiger partial charge is 0.493 e. The summed E-state index contributed by atoms with van der Waals surface area (Å²) in [6.45, 7) is 3.35. The average molecular weight is 501 g/mol. The molecule has 2 aromatic heterocycles. The smallest absolute Gasteiger partial charge is 0.203 e. The van der Waals surface area contributed by atoms with E-state index >= 15 is 0 Å². The molecule has 5 aromatic rings. The fraction of sp³-hybridized carbons (Fsp3) is 0.241. The maximum absolute atomic E-state index is 12.8. The van der Waals surface area contributed by atoms with Crippen LogP contribution in [0, 0.1) is 6.92 Å². The SMILES string of the molecule is COc1cc(-c2cc(=O)c3ccc(OCCCn4cnc5cc(C)ccc54)cc3o2)cc(OC)c1OC. The molecule has 0 radical (unpaired) electrons. The molecule has 0 aliphatic carbocycles. The Morgan fingerprint density at radius 3 is 2.43 bits per heavy atom. The molecule has 0 unspecified atom stereocenters. The minimum absolute atomic E-state index is 0.154. The van der Waals surface area contributed by atoms with Crippen molar-refractivity contribution >= 4 is 22.0 Å². The standard InChI is InChI=1S/C29H28N2O6/c1-18-6-9-23-22(12-18)30-17-31(23)10-5-11-36-20-7-8-21-24(32)16-25(37-26(21)15-20)19-13-27(33-2)29(35-4)28(14-19)34-3/h6-9,12-17H,5,10-11H2,1-4H3. The molecule has 0 atom stereocenters. The summed E-state index contributed by atoms with van der Waals surface area (Å²) in [5, 5.41) is 0.476. The molecule has 2 heterocycles. The van der Waals surface area contributed by atoms with E-state index in [2.05, 4.69) is 34.7 Å². The highest BCUT2D eigenvalue weighted by atomic mass is 16.5. The number of hydrogen-bond acceptors (Lipinski definition) is 7. The Morgan fingerprint density at radius 1 is 0.919 bits per heavy atom. The molecule has 8 heteroatoms. The lowest BCUT2D eigenvalue weighted by Gasteiger charge is -2.14. The van der Waals surface area contributed by atoms with Crippen LogP contribution in [0.5, 0.6) is 23.0 Å². The summed E-state index contributed by atoms with van der Waals surface area (Å²) in [7, 11) is 4.62. The fourth-order valence-electron chi connectivity index (χ4n) is 4.37. The Balaban J connectivity index is 1.35. The summed E-state index contributed by atoms with van der Waals surface area (Å²) in [4.78, 5) is 17.3. The van der Waals surface area contributed by atoms with Crippen LogP contribution in [0.1, 0.15) is 12.0 Å². The number of aryl methyl sites for hydroxylation is 2. The number of imidazole rings is 1. The minimum Gasteiger partial charge on any atom is -0.493 e. The highest BCUT2D eigenvalue weighted by Crippen LogP contribution is 2.41. The Morgan fingerprint density at radius 2 is 1.70 bits per heavy atom. The normalized spacial score (nSPS) is 11.1. The molecule has 8 nitrogen and oxygen atoms in total. The summed E-state index contributed by atoms with van der Waals surface area (Å²) in [5.74, 6) is 2.42. The highest BCUT2D eigenvalue weighted by Gasteiger charge is 2.16. The zero-order valence-corrected chi connectivity index (χ0v) is 21.2. The molecular weight excluding hydrogens is 472 g/mol. The summed E-state index contributed by atoms with van der Waals surface area (Å²) in [6, 6.07) is 16.5. The first-order chi connectivity index (χ1) is 18.0. The van der Waals surface area contributed by atoms with Crippen molar-refractivity contribution in [2.24, 2.45) is 0 Å². The highest BCUT2D eigenvalue weighted by molar-refractivity contribution is 5.81. The van der Waals surface area contributed by atoms with Crippen LogP contribution in [0.15, 0.2) is 70.1 Å². The quantitative estimate of drug-likeness (QED) is 0.243. The van der Waals surface area contributed by atoms with Gasteiger partial charge in [0.1, 0.15) is 17.1 Å². The van der Waals surface area contributed by atoms with E-state index in [1.54, 1.807) is 30.3 Å². The monoisotopic (exact) mass is 500 g/mol.